The standard InChI is InChI=1S/C13H18ClNO5S/c1-9(2)11(8-21(14,18)19)7-20-12-4-5-13(15(16)17)10(3)6-12/h4-6,9,11H,7-8H2,1-3H3. The van der Waals surface area contributed by atoms with E-state index in [2.05, 4.69) is 0 Å². The van der Waals surface area contributed by atoms with Gasteiger partial charge in [-0.15, -0.1) is 0 Å². The number of halogens is 1. The van der Waals surface area contributed by atoms with E-state index in [1.165, 1.54) is 12.1 Å². The Bertz CT molecular complexity index is 615. The number of aryl methyl sites for hydroxylation is 1. The molecule has 0 spiro atoms. The fourth-order valence-electron chi connectivity index (χ4n) is 1.81. The van der Waals surface area contributed by atoms with Crippen LogP contribution >= 0.6 is 10.7 Å². The molecule has 0 N–H and O–H groups in total. The Balaban J connectivity index is 2.77. The van der Waals surface area contributed by atoms with Crippen molar-refractivity contribution in [2.75, 3.05) is 12.4 Å². The zero-order valence-corrected chi connectivity index (χ0v) is 13.6. The first kappa shape index (κ1) is 17.7. The van der Waals surface area contributed by atoms with Gasteiger partial charge >= 0.3 is 0 Å². The highest BCUT2D eigenvalue weighted by atomic mass is 35.7. The van der Waals surface area contributed by atoms with Crippen LogP contribution in [-0.2, 0) is 9.05 Å². The van der Waals surface area contributed by atoms with E-state index in [9.17, 15) is 18.5 Å². The largest absolute Gasteiger partial charge is 0.493 e. The number of hydrogen-bond acceptors (Lipinski definition) is 5. The fourth-order valence-corrected chi connectivity index (χ4v) is 3.29. The quantitative estimate of drug-likeness (QED) is 0.434. The molecule has 0 saturated heterocycles. The van der Waals surface area contributed by atoms with Crippen LogP contribution in [0.5, 0.6) is 5.75 Å². The Labute approximate surface area is 128 Å². The van der Waals surface area contributed by atoms with E-state index in [1.54, 1.807) is 13.0 Å². The van der Waals surface area contributed by atoms with Crippen LogP contribution in [0.15, 0.2) is 18.2 Å². The monoisotopic (exact) mass is 335 g/mol. The average Bonchev–Trinajstić information content (AvgIpc) is 2.32. The van der Waals surface area contributed by atoms with Gasteiger partial charge in [-0.25, -0.2) is 8.42 Å². The second kappa shape index (κ2) is 7.09. The Morgan fingerprint density at radius 3 is 2.43 bits per heavy atom. The topological polar surface area (TPSA) is 86.5 Å². The Morgan fingerprint density at radius 1 is 1.38 bits per heavy atom. The fraction of sp³-hybridized carbons (Fsp3) is 0.538. The minimum Gasteiger partial charge on any atom is -0.493 e. The molecule has 118 valence electrons. The van der Waals surface area contributed by atoms with Gasteiger partial charge in [0.15, 0.2) is 0 Å². The van der Waals surface area contributed by atoms with Gasteiger partial charge in [0.2, 0.25) is 9.05 Å². The summed E-state index contributed by atoms with van der Waals surface area (Å²) in [6.07, 6.45) is 0. The lowest BCUT2D eigenvalue weighted by atomic mass is 9.99. The van der Waals surface area contributed by atoms with Crippen LogP contribution in [0.2, 0.25) is 0 Å². The van der Waals surface area contributed by atoms with Crippen LogP contribution in [0.25, 0.3) is 0 Å². The third kappa shape index (κ3) is 5.89. The molecule has 0 aromatic heterocycles. The van der Waals surface area contributed by atoms with Gasteiger partial charge in [0.1, 0.15) is 5.75 Å². The molecule has 0 aliphatic heterocycles. The summed E-state index contributed by atoms with van der Waals surface area (Å²) in [4.78, 5) is 10.3. The molecule has 0 heterocycles. The molecule has 0 bridgehead atoms. The van der Waals surface area contributed by atoms with E-state index in [1.807, 2.05) is 13.8 Å². The van der Waals surface area contributed by atoms with Crippen LogP contribution in [0.3, 0.4) is 0 Å². The lowest BCUT2D eigenvalue weighted by Gasteiger charge is -2.19. The van der Waals surface area contributed by atoms with Gasteiger partial charge in [-0.05, 0) is 25.0 Å². The molecule has 6 nitrogen and oxygen atoms in total. The van der Waals surface area contributed by atoms with E-state index in [0.717, 1.165) is 0 Å². The lowest BCUT2D eigenvalue weighted by Crippen LogP contribution is -2.24. The van der Waals surface area contributed by atoms with Crippen LogP contribution in [0.1, 0.15) is 19.4 Å². The van der Waals surface area contributed by atoms with Crippen molar-refractivity contribution in [3.8, 4) is 5.75 Å². The van der Waals surface area contributed by atoms with Crippen LogP contribution < -0.4 is 4.74 Å². The summed E-state index contributed by atoms with van der Waals surface area (Å²) in [5, 5.41) is 10.7. The predicted octanol–water partition coefficient (Wildman–Crippen LogP) is 3.12. The highest BCUT2D eigenvalue weighted by Gasteiger charge is 2.21. The molecule has 1 unspecified atom stereocenters. The van der Waals surface area contributed by atoms with Crippen molar-refractivity contribution in [1.82, 2.24) is 0 Å². The van der Waals surface area contributed by atoms with Gasteiger partial charge in [-0.2, -0.15) is 0 Å². The minimum absolute atomic E-state index is 0.0195. The zero-order valence-electron chi connectivity index (χ0n) is 12.1. The van der Waals surface area contributed by atoms with E-state index in [-0.39, 0.29) is 29.9 Å². The van der Waals surface area contributed by atoms with Gasteiger partial charge in [-0.1, -0.05) is 13.8 Å². The highest BCUT2D eigenvalue weighted by Crippen LogP contribution is 2.24. The molecular weight excluding hydrogens is 318 g/mol. The van der Waals surface area contributed by atoms with Gasteiger partial charge in [0.25, 0.3) is 5.69 Å². The van der Waals surface area contributed by atoms with Crippen molar-refractivity contribution < 1.29 is 18.1 Å². The Kier molecular flexibility index (Phi) is 5.98. The molecule has 1 rings (SSSR count). The summed E-state index contributed by atoms with van der Waals surface area (Å²) in [6, 6.07) is 4.43. The SMILES string of the molecule is Cc1cc(OCC(CS(=O)(=O)Cl)C(C)C)ccc1[N+](=O)[O-]. The van der Waals surface area contributed by atoms with Crippen molar-refractivity contribution in [3.05, 3.63) is 33.9 Å². The Morgan fingerprint density at radius 2 is 2.00 bits per heavy atom. The normalized spacial score (nSPS) is 13.2. The lowest BCUT2D eigenvalue weighted by molar-refractivity contribution is -0.385. The second-order valence-electron chi connectivity index (χ2n) is 5.23. The molecule has 1 atom stereocenters. The van der Waals surface area contributed by atoms with Crippen molar-refractivity contribution >= 4 is 25.4 Å². The van der Waals surface area contributed by atoms with E-state index in [4.69, 9.17) is 15.4 Å². The smallest absolute Gasteiger partial charge is 0.272 e. The molecule has 0 radical (unpaired) electrons. The van der Waals surface area contributed by atoms with E-state index < -0.39 is 14.0 Å². The number of ether oxygens (including phenoxy) is 1. The first-order valence-corrected chi connectivity index (χ1v) is 8.88. The van der Waals surface area contributed by atoms with Gasteiger partial charge < -0.3 is 4.74 Å². The first-order chi connectivity index (χ1) is 9.60. The number of nitrogens with zero attached hydrogens (tertiary/aromatic N) is 1. The summed E-state index contributed by atoms with van der Waals surface area (Å²) < 4.78 is 27.9. The summed E-state index contributed by atoms with van der Waals surface area (Å²) in [7, 11) is 1.68. The van der Waals surface area contributed by atoms with Crippen molar-refractivity contribution in [3.63, 3.8) is 0 Å². The summed E-state index contributed by atoms with van der Waals surface area (Å²) >= 11 is 0. The van der Waals surface area contributed by atoms with Gasteiger partial charge in [-0.3, -0.25) is 10.1 Å². The third-order valence-corrected chi connectivity index (χ3v) is 4.39. The van der Waals surface area contributed by atoms with Crippen LogP contribution in [0, 0.1) is 28.9 Å². The third-order valence-electron chi connectivity index (χ3n) is 3.18. The summed E-state index contributed by atoms with van der Waals surface area (Å²) in [5.74, 6) is 0.134. The minimum atomic E-state index is -3.60. The van der Waals surface area contributed by atoms with E-state index in [0.29, 0.717) is 11.3 Å². The van der Waals surface area contributed by atoms with Gasteiger partial charge in [0, 0.05) is 28.2 Å². The molecule has 8 heteroatoms. The maximum atomic E-state index is 11.2. The molecular formula is C13H18ClNO5S. The zero-order chi connectivity index (χ0) is 16.2. The molecule has 0 aliphatic rings. The number of rotatable bonds is 7. The Hall–Kier alpha value is -1.34. The highest BCUT2D eigenvalue weighted by molar-refractivity contribution is 8.13. The molecule has 1 aromatic carbocycles. The molecule has 0 aliphatic carbocycles. The summed E-state index contributed by atoms with van der Waals surface area (Å²) in [5.41, 5.74) is 0.509. The van der Waals surface area contributed by atoms with Crippen molar-refractivity contribution in [1.29, 1.82) is 0 Å². The number of nitro groups is 1. The first-order valence-electron chi connectivity index (χ1n) is 6.40. The maximum absolute atomic E-state index is 11.2. The molecule has 0 saturated carbocycles. The van der Waals surface area contributed by atoms with Crippen LogP contribution in [0.4, 0.5) is 5.69 Å². The summed E-state index contributed by atoms with van der Waals surface area (Å²) in [6.45, 7) is 5.57. The second-order valence-corrected chi connectivity index (χ2v) is 8.05. The number of hydrogen-bond donors (Lipinski definition) is 0. The average molecular weight is 336 g/mol. The van der Waals surface area contributed by atoms with E-state index >= 15 is 0 Å². The maximum Gasteiger partial charge on any atom is 0.272 e. The molecule has 21 heavy (non-hydrogen) atoms. The number of nitro benzene ring substituents is 1. The van der Waals surface area contributed by atoms with Crippen molar-refractivity contribution in [2.45, 2.75) is 20.8 Å². The molecule has 0 fully saturated rings. The van der Waals surface area contributed by atoms with Gasteiger partial charge in [0.05, 0.1) is 17.3 Å². The van der Waals surface area contributed by atoms with Crippen molar-refractivity contribution in [2.24, 2.45) is 11.8 Å². The number of benzene rings is 1. The molecule has 1 aromatic rings. The predicted molar refractivity (Wildman–Crippen MR) is 81.3 cm³/mol. The molecule has 0 amide bonds. The van der Waals surface area contributed by atoms with Crippen LogP contribution in [-0.4, -0.2) is 25.7 Å².